The largest absolute Gasteiger partial charge is 0.488 e. The zero-order valence-electron chi connectivity index (χ0n) is 11.6. The number of carbonyl (C=O) groups is 1. The summed E-state index contributed by atoms with van der Waals surface area (Å²) in [7, 11) is 0. The number of amides is 1. The van der Waals surface area contributed by atoms with Crippen molar-refractivity contribution >= 4 is 5.91 Å². The number of nitrogens with one attached hydrogen (secondary N) is 2. The average molecular weight is 271 g/mol. The first-order valence-corrected chi connectivity index (χ1v) is 6.74. The Bertz CT molecular complexity index is 646. The van der Waals surface area contributed by atoms with Crippen LogP contribution in [0.15, 0.2) is 24.3 Å². The van der Waals surface area contributed by atoms with E-state index in [1.165, 1.54) is 0 Å². The van der Waals surface area contributed by atoms with Crippen LogP contribution in [0, 0.1) is 5.92 Å². The summed E-state index contributed by atoms with van der Waals surface area (Å²) in [5.74, 6) is 1.09. The van der Waals surface area contributed by atoms with Crippen molar-refractivity contribution in [2.24, 2.45) is 5.92 Å². The number of hydrogen-bond donors (Lipinski definition) is 2. The van der Waals surface area contributed by atoms with Crippen LogP contribution in [0.2, 0.25) is 0 Å². The molecule has 2 N–H and O–H groups in total. The normalized spacial score (nSPS) is 12.6. The van der Waals surface area contributed by atoms with Gasteiger partial charge in [-0.3, -0.25) is 9.89 Å². The third kappa shape index (κ3) is 2.15. The second-order valence-corrected chi connectivity index (χ2v) is 5.31. The van der Waals surface area contributed by atoms with Gasteiger partial charge in [0, 0.05) is 17.7 Å². The van der Waals surface area contributed by atoms with Crippen molar-refractivity contribution in [1.29, 1.82) is 0 Å². The van der Waals surface area contributed by atoms with E-state index in [9.17, 15) is 4.79 Å². The standard InChI is InChI=1S/C15H17N3O2/c1-9(2)7-16-15(19)14-11-8-20-12-6-4-3-5-10(12)13(11)17-18-14/h3-6,9H,7-8H2,1-2H3,(H,16,19)(H,17,18). The van der Waals surface area contributed by atoms with Crippen molar-refractivity contribution in [3.05, 3.63) is 35.5 Å². The maximum absolute atomic E-state index is 12.2. The van der Waals surface area contributed by atoms with Gasteiger partial charge >= 0.3 is 0 Å². The summed E-state index contributed by atoms with van der Waals surface area (Å²) in [5.41, 5.74) is 3.05. The second-order valence-electron chi connectivity index (χ2n) is 5.31. The first-order valence-electron chi connectivity index (χ1n) is 6.74. The van der Waals surface area contributed by atoms with Crippen LogP contribution >= 0.6 is 0 Å². The predicted molar refractivity (Wildman–Crippen MR) is 75.5 cm³/mol. The van der Waals surface area contributed by atoms with Crippen LogP contribution in [-0.4, -0.2) is 22.6 Å². The fourth-order valence-electron chi connectivity index (χ4n) is 2.24. The van der Waals surface area contributed by atoms with Gasteiger partial charge in [0.15, 0.2) is 0 Å². The molecule has 0 aliphatic carbocycles. The van der Waals surface area contributed by atoms with E-state index in [1.54, 1.807) is 0 Å². The Morgan fingerprint density at radius 3 is 3.05 bits per heavy atom. The Kier molecular flexibility index (Phi) is 3.18. The fourth-order valence-corrected chi connectivity index (χ4v) is 2.24. The van der Waals surface area contributed by atoms with Gasteiger partial charge in [0.1, 0.15) is 23.7 Å². The van der Waals surface area contributed by atoms with E-state index in [0.717, 1.165) is 22.6 Å². The zero-order valence-corrected chi connectivity index (χ0v) is 11.6. The molecule has 5 nitrogen and oxygen atoms in total. The molecule has 5 heteroatoms. The van der Waals surface area contributed by atoms with Crippen LogP contribution in [0.1, 0.15) is 29.9 Å². The molecule has 2 heterocycles. The fraction of sp³-hybridized carbons (Fsp3) is 0.333. The topological polar surface area (TPSA) is 67.0 Å². The number of carbonyl (C=O) groups excluding carboxylic acids is 1. The van der Waals surface area contributed by atoms with E-state index < -0.39 is 0 Å². The van der Waals surface area contributed by atoms with Crippen molar-refractivity contribution in [2.75, 3.05) is 6.54 Å². The first kappa shape index (κ1) is 12.7. The van der Waals surface area contributed by atoms with E-state index in [0.29, 0.717) is 24.8 Å². The smallest absolute Gasteiger partial charge is 0.269 e. The van der Waals surface area contributed by atoms with E-state index in [2.05, 4.69) is 29.4 Å². The van der Waals surface area contributed by atoms with Crippen LogP contribution in [0.5, 0.6) is 5.75 Å². The Hall–Kier alpha value is -2.30. The molecule has 0 saturated carbocycles. The van der Waals surface area contributed by atoms with Crippen LogP contribution in [-0.2, 0) is 6.61 Å². The molecule has 1 aromatic carbocycles. The maximum atomic E-state index is 12.2. The van der Waals surface area contributed by atoms with Gasteiger partial charge in [-0.2, -0.15) is 5.10 Å². The molecular weight excluding hydrogens is 254 g/mol. The highest BCUT2D eigenvalue weighted by atomic mass is 16.5. The molecule has 20 heavy (non-hydrogen) atoms. The van der Waals surface area contributed by atoms with Crippen molar-refractivity contribution in [3.63, 3.8) is 0 Å². The number of fused-ring (bicyclic) bond motifs is 3. The number of aromatic nitrogens is 2. The highest BCUT2D eigenvalue weighted by Crippen LogP contribution is 2.36. The number of hydrogen-bond acceptors (Lipinski definition) is 3. The molecular formula is C15H17N3O2. The molecule has 0 unspecified atom stereocenters. The van der Waals surface area contributed by atoms with Crippen LogP contribution in [0.4, 0.5) is 0 Å². The number of nitrogens with zero attached hydrogens (tertiary/aromatic N) is 1. The lowest BCUT2D eigenvalue weighted by Gasteiger charge is -2.17. The quantitative estimate of drug-likeness (QED) is 0.900. The molecule has 0 radical (unpaired) electrons. The van der Waals surface area contributed by atoms with Gasteiger partial charge in [0.2, 0.25) is 0 Å². The number of para-hydroxylation sites is 1. The Morgan fingerprint density at radius 1 is 1.45 bits per heavy atom. The number of benzene rings is 1. The van der Waals surface area contributed by atoms with E-state index >= 15 is 0 Å². The zero-order chi connectivity index (χ0) is 14.1. The highest BCUT2D eigenvalue weighted by molar-refractivity contribution is 5.96. The minimum atomic E-state index is -0.129. The van der Waals surface area contributed by atoms with Gasteiger partial charge in [-0.15, -0.1) is 0 Å². The van der Waals surface area contributed by atoms with Gasteiger partial charge in [-0.1, -0.05) is 26.0 Å². The van der Waals surface area contributed by atoms with E-state index in [-0.39, 0.29) is 5.91 Å². The molecule has 1 amide bonds. The number of ether oxygens (including phenoxy) is 1. The van der Waals surface area contributed by atoms with Gasteiger partial charge < -0.3 is 10.1 Å². The molecule has 2 aromatic rings. The van der Waals surface area contributed by atoms with Gasteiger partial charge in [0.05, 0.1) is 0 Å². The molecule has 104 valence electrons. The Labute approximate surface area is 117 Å². The van der Waals surface area contributed by atoms with Crippen molar-refractivity contribution < 1.29 is 9.53 Å². The SMILES string of the molecule is CC(C)CNC(=O)c1[nH]nc2c1COc1ccccc1-2. The summed E-state index contributed by atoms with van der Waals surface area (Å²) in [6.07, 6.45) is 0. The monoisotopic (exact) mass is 271 g/mol. The van der Waals surface area contributed by atoms with Crippen LogP contribution in [0.3, 0.4) is 0 Å². The highest BCUT2D eigenvalue weighted by Gasteiger charge is 2.25. The molecule has 0 fully saturated rings. The van der Waals surface area contributed by atoms with Gasteiger partial charge in [-0.05, 0) is 18.1 Å². The molecule has 0 spiro atoms. The summed E-state index contributed by atoms with van der Waals surface area (Å²) in [6, 6.07) is 7.71. The predicted octanol–water partition coefficient (Wildman–Crippen LogP) is 2.35. The molecule has 1 aliphatic rings. The molecule has 0 bridgehead atoms. The van der Waals surface area contributed by atoms with Crippen LogP contribution in [0.25, 0.3) is 11.3 Å². The summed E-state index contributed by atoms with van der Waals surface area (Å²) in [6.45, 7) is 5.13. The lowest BCUT2D eigenvalue weighted by atomic mass is 10.0. The molecule has 0 saturated heterocycles. The van der Waals surface area contributed by atoms with E-state index in [1.807, 2.05) is 24.3 Å². The second kappa shape index (κ2) is 5.00. The van der Waals surface area contributed by atoms with Crippen LogP contribution < -0.4 is 10.1 Å². The summed E-state index contributed by atoms with van der Waals surface area (Å²) < 4.78 is 5.68. The first-order chi connectivity index (χ1) is 9.66. The van der Waals surface area contributed by atoms with E-state index in [4.69, 9.17) is 4.74 Å². The van der Waals surface area contributed by atoms with Crippen molar-refractivity contribution in [1.82, 2.24) is 15.5 Å². The molecule has 1 aromatic heterocycles. The number of H-pyrrole nitrogens is 1. The molecule has 0 atom stereocenters. The maximum Gasteiger partial charge on any atom is 0.269 e. The third-order valence-corrected chi connectivity index (χ3v) is 3.28. The summed E-state index contributed by atoms with van der Waals surface area (Å²) in [5, 5.41) is 10.0. The summed E-state index contributed by atoms with van der Waals surface area (Å²) >= 11 is 0. The third-order valence-electron chi connectivity index (χ3n) is 3.28. The minimum Gasteiger partial charge on any atom is -0.488 e. The minimum absolute atomic E-state index is 0.129. The van der Waals surface area contributed by atoms with Crippen molar-refractivity contribution in [2.45, 2.75) is 20.5 Å². The molecule has 3 rings (SSSR count). The van der Waals surface area contributed by atoms with Gasteiger partial charge in [-0.25, -0.2) is 0 Å². The lowest BCUT2D eigenvalue weighted by Crippen LogP contribution is -2.28. The molecule has 1 aliphatic heterocycles. The Morgan fingerprint density at radius 2 is 2.25 bits per heavy atom. The van der Waals surface area contributed by atoms with Gasteiger partial charge in [0.25, 0.3) is 5.91 Å². The summed E-state index contributed by atoms with van der Waals surface area (Å²) in [4.78, 5) is 12.2. The van der Waals surface area contributed by atoms with Crippen molar-refractivity contribution in [3.8, 4) is 17.0 Å². The lowest BCUT2D eigenvalue weighted by molar-refractivity contribution is 0.0941. The number of aromatic amines is 1. The Balaban J connectivity index is 1.91. The number of rotatable bonds is 3. The average Bonchev–Trinajstić information content (AvgIpc) is 2.89.